The normalized spacial score (nSPS) is 18.1. The van der Waals surface area contributed by atoms with E-state index in [1.54, 1.807) is 49.4 Å². The van der Waals surface area contributed by atoms with Gasteiger partial charge in [0, 0.05) is 42.9 Å². The number of hydrogen-bond donors (Lipinski definition) is 1. The van der Waals surface area contributed by atoms with Gasteiger partial charge in [0.15, 0.2) is 11.5 Å². The van der Waals surface area contributed by atoms with E-state index < -0.39 is 30.4 Å². The van der Waals surface area contributed by atoms with Crippen molar-refractivity contribution in [2.24, 2.45) is 10.7 Å². The minimum absolute atomic E-state index is 0.0177. The summed E-state index contributed by atoms with van der Waals surface area (Å²) in [6, 6.07) is 11.5. The number of alkyl halides is 2. The topological polar surface area (TPSA) is 85.7 Å². The van der Waals surface area contributed by atoms with E-state index in [9.17, 15) is 18.0 Å². The average Bonchev–Trinajstić information content (AvgIpc) is 3.32. The van der Waals surface area contributed by atoms with Crippen LogP contribution in [0, 0.1) is 5.95 Å². The number of likely N-dealkylation sites (N-methyl/N-ethyl adjacent to an activating group) is 1. The van der Waals surface area contributed by atoms with Gasteiger partial charge in [-0.3, -0.25) is 9.69 Å². The third-order valence-corrected chi connectivity index (χ3v) is 5.78. The zero-order valence-corrected chi connectivity index (χ0v) is 18.7. The predicted molar refractivity (Wildman–Crippen MR) is 121 cm³/mol. The number of pyridine rings is 1. The molecule has 2 aromatic heterocycles. The summed E-state index contributed by atoms with van der Waals surface area (Å²) in [6.07, 6.45) is 0.214. The summed E-state index contributed by atoms with van der Waals surface area (Å²) in [4.78, 5) is 23.0. The van der Waals surface area contributed by atoms with Gasteiger partial charge in [-0.1, -0.05) is 18.2 Å². The lowest BCUT2D eigenvalue weighted by molar-refractivity contribution is -0.129. The van der Waals surface area contributed by atoms with Gasteiger partial charge in [0.1, 0.15) is 0 Å². The number of nitrogens with two attached hydrogens (primary N) is 1. The summed E-state index contributed by atoms with van der Waals surface area (Å²) in [5, 5.41) is 0. The van der Waals surface area contributed by atoms with E-state index in [0.717, 1.165) is 0 Å². The molecule has 0 radical (unpaired) electrons. The van der Waals surface area contributed by atoms with Gasteiger partial charge in [0.25, 0.3) is 12.3 Å². The van der Waals surface area contributed by atoms with Gasteiger partial charge in [-0.05, 0) is 42.3 Å². The molecule has 4 rings (SSSR count). The molecule has 1 unspecified atom stereocenters. The molecular weight excluding hydrogens is 447 g/mol. The van der Waals surface area contributed by atoms with E-state index in [0.29, 0.717) is 29.0 Å². The second-order valence-electron chi connectivity index (χ2n) is 7.87. The van der Waals surface area contributed by atoms with Crippen LogP contribution in [0.1, 0.15) is 23.7 Å². The smallest absolute Gasteiger partial charge is 0.266 e. The van der Waals surface area contributed by atoms with E-state index >= 15 is 0 Å². The Hall–Kier alpha value is -3.66. The zero-order chi connectivity index (χ0) is 24.5. The fourth-order valence-corrected chi connectivity index (χ4v) is 4.10. The minimum atomic E-state index is -2.61. The van der Waals surface area contributed by atoms with Gasteiger partial charge in [-0.2, -0.15) is 4.39 Å². The summed E-state index contributed by atoms with van der Waals surface area (Å²) in [5.74, 6) is -1.13. The standard InChI is InChI=1S/C24H24F3N5O2/c1-3-34-14-18-11-17(12-32(18)13-20(25)26)24(22(33)31(2)23(28)30-24)16-7-4-6-15(10-16)19-8-5-9-29-21(19)27/h4-12,20H,3,13-14H2,1-2H3,(H2,28,30). The first kappa shape index (κ1) is 23.5. The van der Waals surface area contributed by atoms with Gasteiger partial charge in [0.05, 0.1) is 13.2 Å². The third kappa shape index (κ3) is 4.05. The lowest BCUT2D eigenvalue weighted by Gasteiger charge is -2.25. The van der Waals surface area contributed by atoms with Crippen molar-refractivity contribution in [1.29, 1.82) is 0 Å². The van der Waals surface area contributed by atoms with Gasteiger partial charge in [0.2, 0.25) is 5.95 Å². The van der Waals surface area contributed by atoms with Crippen molar-refractivity contribution in [2.75, 3.05) is 13.7 Å². The highest BCUT2D eigenvalue weighted by Gasteiger charge is 2.50. The summed E-state index contributed by atoms with van der Waals surface area (Å²) >= 11 is 0. The van der Waals surface area contributed by atoms with Crippen LogP contribution in [0.2, 0.25) is 0 Å². The van der Waals surface area contributed by atoms with Crippen molar-refractivity contribution in [1.82, 2.24) is 14.5 Å². The van der Waals surface area contributed by atoms with Crippen molar-refractivity contribution in [3.05, 3.63) is 77.6 Å². The third-order valence-electron chi connectivity index (χ3n) is 5.78. The SMILES string of the molecule is CCOCc1cc(C2(c3cccc(-c4cccnc4F)c3)N=C(N)N(C)C2=O)cn1CC(F)F. The highest BCUT2D eigenvalue weighted by atomic mass is 19.3. The summed E-state index contributed by atoms with van der Waals surface area (Å²) in [7, 11) is 1.49. The minimum Gasteiger partial charge on any atom is -0.376 e. The Kier molecular flexibility index (Phi) is 6.43. The molecular formula is C24H24F3N5O2. The molecule has 0 saturated heterocycles. The number of hydrogen-bond acceptors (Lipinski definition) is 5. The number of benzene rings is 1. The van der Waals surface area contributed by atoms with Gasteiger partial charge in [-0.15, -0.1) is 0 Å². The monoisotopic (exact) mass is 471 g/mol. The van der Waals surface area contributed by atoms with Crippen LogP contribution in [-0.2, 0) is 28.2 Å². The molecule has 0 fully saturated rings. The van der Waals surface area contributed by atoms with Crippen LogP contribution in [0.4, 0.5) is 13.2 Å². The van der Waals surface area contributed by atoms with Crippen LogP contribution >= 0.6 is 0 Å². The van der Waals surface area contributed by atoms with Crippen LogP contribution < -0.4 is 5.73 Å². The Bertz CT molecular complexity index is 1240. The number of aromatic nitrogens is 2. The Labute approximate surface area is 194 Å². The van der Waals surface area contributed by atoms with Crippen LogP contribution in [0.3, 0.4) is 0 Å². The molecule has 1 aliphatic heterocycles. The molecule has 1 aliphatic rings. The van der Waals surface area contributed by atoms with Crippen molar-refractivity contribution in [3.8, 4) is 11.1 Å². The molecule has 34 heavy (non-hydrogen) atoms. The van der Waals surface area contributed by atoms with Gasteiger partial charge < -0.3 is 15.0 Å². The van der Waals surface area contributed by atoms with Crippen LogP contribution in [-0.4, -0.2) is 46.4 Å². The van der Waals surface area contributed by atoms with Crippen LogP contribution in [0.25, 0.3) is 11.1 Å². The number of aliphatic imine (C=N–C) groups is 1. The first-order valence-electron chi connectivity index (χ1n) is 10.7. The lowest BCUT2D eigenvalue weighted by Crippen LogP contribution is -2.41. The Balaban J connectivity index is 1.91. The lowest BCUT2D eigenvalue weighted by atomic mass is 9.83. The Morgan fingerprint density at radius 2 is 1.97 bits per heavy atom. The summed E-state index contributed by atoms with van der Waals surface area (Å²) in [5.41, 5.74) is 6.41. The number of guanidine groups is 1. The summed E-state index contributed by atoms with van der Waals surface area (Å²) < 4.78 is 47.7. The Morgan fingerprint density at radius 3 is 2.62 bits per heavy atom. The van der Waals surface area contributed by atoms with E-state index in [2.05, 4.69) is 9.98 Å². The number of amides is 1. The largest absolute Gasteiger partial charge is 0.376 e. The molecule has 0 spiro atoms. The second kappa shape index (κ2) is 9.30. The van der Waals surface area contributed by atoms with Gasteiger partial charge in [-0.25, -0.2) is 18.8 Å². The number of ether oxygens (including phenoxy) is 1. The molecule has 178 valence electrons. The van der Waals surface area contributed by atoms with Crippen molar-refractivity contribution >= 4 is 11.9 Å². The highest BCUT2D eigenvalue weighted by Crippen LogP contribution is 2.41. The predicted octanol–water partition coefficient (Wildman–Crippen LogP) is 3.52. The van der Waals surface area contributed by atoms with E-state index in [-0.39, 0.29) is 18.1 Å². The number of carbonyl (C=O) groups is 1. The molecule has 10 heteroatoms. The van der Waals surface area contributed by atoms with E-state index in [1.165, 1.54) is 28.9 Å². The fourth-order valence-electron chi connectivity index (χ4n) is 4.10. The number of halogens is 3. The number of carbonyl (C=O) groups excluding carboxylic acids is 1. The molecule has 1 atom stereocenters. The van der Waals surface area contributed by atoms with E-state index in [1.807, 2.05) is 0 Å². The molecule has 3 aromatic rings. The van der Waals surface area contributed by atoms with Crippen molar-refractivity contribution < 1.29 is 22.7 Å². The first-order chi connectivity index (χ1) is 16.3. The first-order valence-corrected chi connectivity index (χ1v) is 10.7. The maximum absolute atomic E-state index is 14.4. The molecule has 2 N–H and O–H groups in total. The summed E-state index contributed by atoms with van der Waals surface area (Å²) in [6.45, 7) is 1.71. The molecule has 1 amide bonds. The molecule has 0 bridgehead atoms. The quantitative estimate of drug-likeness (QED) is 0.510. The zero-order valence-electron chi connectivity index (χ0n) is 18.7. The molecule has 1 aromatic carbocycles. The maximum atomic E-state index is 14.4. The molecule has 7 nitrogen and oxygen atoms in total. The molecule has 0 saturated carbocycles. The maximum Gasteiger partial charge on any atom is 0.266 e. The highest BCUT2D eigenvalue weighted by molar-refractivity contribution is 6.09. The average molecular weight is 471 g/mol. The molecule has 3 heterocycles. The van der Waals surface area contributed by atoms with Gasteiger partial charge >= 0.3 is 0 Å². The Morgan fingerprint density at radius 1 is 1.18 bits per heavy atom. The molecule has 0 aliphatic carbocycles. The van der Waals surface area contributed by atoms with Crippen LogP contribution in [0.5, 0.6) is 0 Å². The number of rotatable bonds is 8. The van der Waals surface area contributed by atoms with Crippen molar-refractivity contribution in [3.63, 3.8) is 0 Å². The van der Waals surface area contributed by atoms with E-state index in [4.69, 9.17) is 10.5 Å². The second-order valence-corrected chi connectivity index (χ2v) is 7.87. The fraction of sp³-hybridized carbons (Fsp3) is 0.292. The van der Waals surface area contributed by atoms with Crippen molar-refractivity contribution in [2.45, 2.75) is 32.0 Å². The van der Waals surface area contributed by atoms with Crippen LogP contribution in [0.15, 0.2) is 59.9 Å². The number of nitrogens with zero attached hydrogens (tertiary/aromatic N) is 4.